The van der Waals surface area contributed by atoms with Crippen molar-refractivity contribution < 1.29 is 0 Å². The first-order chi connectivity index (χ1) is 5.79. The second-order valence-corrected chi connectivity index (χ2v) is 3.57. The Hall–Kier alpha value is -0.780. The number of rotatable bonds is 0. The summed E-state index contributed by atoms with van der Waals surface area (Å²) in [6.45, 7) is 4.43. The molecule has 0 saturated carbocycles. The second-order valence-electron chi connectivity index (χ2n) is 3.57. The molecule has 0 heteroatoms. The molecule has 0 aromatic rings. The molecule has 1 aliphatic carbocycles. The van der Waals surface area contributed by atoms with Crippen LogP contribution in [0.3, 0.4) is 0 Å². The summed E-state index contributed by atoms with van der Waals surface area (Å²) in [6, 6.07) is 0. The molecule has 1 aliphatic rings. The summed E-state index contributed by atoms with van der Waals surface area (Å²) in [5.74, 6) is 0. The number of hydrogen-bond acceptors (Lipinski definition) is 0. The molecule has 12 heavy (non-hydrogen) atoms. The molecule has 0 aromatic heterocycles. The van der Waals surface area contributed by atoms with Gasteiger partial charge in [0, 0.05) is 0 Å². The Morgan fingerprint density at radius 2 is 1.75 bits per heavy atom. The largest absolute Gasteiger partial charge is 0.0853 e. The van der Waals surface area contributed by atoms with E-state index in [0.717, 1.165) is 0 Å². The van der Waals surface area contributed by atoms with Crippen molar-refractivity contribution in [2.45, 2.75) is 39.5 Å². The molecule has 0 saturated heterocycles. The van der Waals surface area contributed by atoms with Crippen LogP contribution in [0.2, 0.25) is 0 Å². The van der Waals surface area contributed by atoms with Crippen LogP contribution >= 0.6 is 0 Å². The van der Waals surface area contributed by atoms with E-state index >= 15 is 0 Å². The van der Waals surface area contributed by atoms with Gasteiger partial charge >= 0.3 is 0 Å². The minimum Gasteiger partial charge on any atom is -0.0853 e. The van der Waals surface area contributed by atoms with Crippen LogP contribution < -0.4 is 0 Å². The van der Waals surface area contributed by atoms with Crippen molar-refractivity contribution in [3.63, 3.8) is 0 Å². The van der Waals surface area contributed by atoms with Crippen LogP contribution in [0.5, 0.6) is 0 Å². The van der Waals surface area contributed by atoms with Crippen molar-refractivity contribution in [3.05, 3.63) is 35.5 Å². The van der Waals surface area contributed by atoms with Crippen molar-refractivity contribution in [3.8, 4) is 0 Å². The molecule has 0 aliphatic heterocycles. The fraction of sp³-hybridized carbons (Fsp3) is 0.500. The minimum absolute atomic E-state index is 1.19. The van der Waals surface area contributed by atoms with E-state index in [9.17, 15) is 0 Å². The van der Waals surface area contributed by atoms with Gasteiger partial charge in [-0.05, 0) is 39.5 Å². The third-order valence-corrected chi connectivity index (χ3v) is 2.25. The van der Waals surface area contributed by atoms with Crippen molar-refractivity contribution >= 4 is 0 Å². The highest BCUT2D eigenvalue weighted by molar-refractivity contribution is 5.13. The highest BCUT2D eigenvalue weighted by Crippen LogP contribution is 2.12. The van der Waals surface area contributed by atoms with E-state index in [0.29, 0.717) is 0 Å². The fourth-order valence-electron chi connectivity index (χ4n) is 1.37. The van der Waals surface area contributed by atoms with E-state index < -0.39 is 0 Å². The second kappa shape index (κ2) is 4.97. The number of allylic oxidation sites excluding steroid dienone is 6. The first kappa shape index (κ1) is 9.31. The van der Waals surface area contributed by atoms with Gasteiger partial charge in [-0.15, -0.1) is 0 Å². The summed E-state index contributed by atoms with van der Waals surface area (Å²) in [4.78, 5) is 0. The summed E-state index contributed by atoms with van der Waals surface area (Å²) in [6.07, 6.45) is 13.9. The molecule has 1 rings (SSSR count). The summed E-state index contributed by atoms with van der Waals surface area (Å²) in [7, 11) is 0. The van der Waals surface area contributed by atoms with E-state index in [1.54, 1.807) is 0 Å². The molecular formula is C12H18. The molecule has 0 fully saturated rings. The van der Waals surface area contributed by atoms with Crippen molar-refractivity contribution in [1.82, 2.24) is 0 Å². The Bertz CT molecular complexity index is 216. The zero-order chi connectivity index (χ0) is 8.81. The van der Waals surface area contributed by atoms with Gasteiger partial charge in [0.15, 0.2) is 0 Å². The average molecular weight is 162 g/mol. The summed E-state index contributed by atoms with van der Waals surface area (Å²) in [5.41, 5.74) is 3.02. The Morgan fingerprint density at radius 3 is 2.58 bits per heavy atom. The van der Waals surface area contributed by atoms with Gasteiger partial charge in [0.2, 0.25) is 0 Å². The molecule has 0 nitrogen and oxygen atoms in total. The Labute approximate surface area is 75.7 Å². The lowest BCUT2D eigenvalue weighted by molar-refractivity contribution is 0.916. The van der Waals surface area contributed by atoms with Gasteiger partial charge in [-0.1, -0.05) is 35.5 Å². The molecule has 0 spiro atoms. The molecular weight excluding hydrogens is 144 g/mol. The highest BCUT2D eigenvalue weighted by atomic mass is 14.0. The van der Waals surface area contributed by atoms with Crippen LogP contribution in [0.15, 0.2) is 35.5 Å². The topological polar surface area (TPSA) is 0 Å². The van der Waals surface area contributed by atoms with Gasteiger partial charge in [0.25, 0.3) is 0 Å². The molecule has 0 aromatic carbocycles. The molecule has 0 amide bonds. The molecule has 0 bridgehead atoms. The number of hydrogen-bond donors (Lipinski definition) is 0. The maximum Gasteiger partial charge on any atom is -0.0285 e. The third kappa shape index (κ3) is 3.56. The van der Waals surface area contributed by atoms with Gasteiger partial charge in [0.1, 0.15) is 0 Å². The lowest BCUT2D eigenvalue weighted by Gasteiger charge is -2.01. The van der Waals surface area contributed by atoms with Crippen LogP contribution in [-0.4, -0.2) is 0 Å². The van der Waals surface area contributed by atoms with Crippen molar-refractivity contribution in [2.75, 3.05) is 0 Å². The standard InChI is InChI=1S/C12H18/c1-11-7-4-3-5-8-12(2)10-6-9-11/h3-4,7,10H,5-6,8-9H2,1-2H3/b4-3-,11-7-,12-10-. The molecule has 0 heterocycles. The Balaban J connectivity index is 2.59. The maximum absolute atomic E-state index is 2.37. The van der Waals surface area contributed by atoms with Gasteiger partial charge < -0.3 is 0 Å². The van der Waals surface area contributed by atoms with Crippen LogP contribution in [0.25, 0.3) is 0 Å². The molecule has 0 radical (unpaired) electrons. The third-order valence-electron chi connectivity index (χ3n) is 2.25. The molecule has 0 N–H and O–H groups in total. The zero-order valence-electron chi connectivity index (χ0n) is 8.14. The lowest BCUT2D eigenvalue weighted by Crippen LogP contribution is -1.81. The Morgan fingerprint density at radius 1 is 1.00 bits per heavy atom. The normalized spacial score (nSPS) is 31.2. The SMILES string of the molecule is C/C1=C/C=C\CC/C(C)=C\CC1. The van der Waals surface area contributed by atoms with Crippen LogP contribution in [-0.2, 0) is 0 Å². The molecule has 0 unspecified atom stereocenters. The van der Waals surface area contributed by atoms with Gasteiger partial charge in [0.05, 0.1) is 0 Å². The van der Waals surface area contributed by atoms with Gasteiger partial charge in [-0.3, -0.25) is 0 Å². The molecule has 66 valence electrons. The van der Waals surface area contributed by atoms with Crippen LogP contribution in [0.4, 0.5) is 0 Å². The van der Waals surface area contributed by atoms with Gasteiger partial charge in [-0.25, -0.2) is 0 Å². The zero-order valence-corrected chi connectivity index (χ0v) is 8.14. The van der Waals surface area contributed by atoms with Crippen molar-refractivity contribution in [1.29, 1.82) is 0 Å². The minimum atomic E-state index is 1.19. The van der Waals surface area contributed by atoms with E-state index in [1.165, 1.54) is 36.8 Å². The van der Waals surface area contributed by atoms with E-state index in [-0.39, 0.29) is 0 Å². The smallest absolute Gasteiger partial charge is 0.0285 e. The highest BCUT2D eigenvalue weighted by Gasteiger charge is 1.92. The molecule has 0 atom stereocenters. The van der Waals surface area contributed by atoms with Gasteiger partial charge in [-0.2, -0.15) is 0 Å². The monoisotopic (exact) mass is 162 g/mol. The predicted octanol–water partition coefficient (Wildman–Crippen LogP) is 4.01. The van der Waals surface area contributed by atoms with Crippen LogP contribution in [0, 0.1) is 0 Å². The van der Waals surface area contributed by atoms with Crippen LogP contribution in [0.1, 0.15) is 39.5 Å². The van der Waals surface area contributed by atoms with Crippen molar-refractivity contribution in [2.24, 2.45) is 0 Å². The summed E-state index contributed by atoms with van der Waals surface area (Å²) >= 11 is 0. The predicted molar refractivity (Wildman–Crippen MR) is 55.1 cm³/mol. The first-order valence-corrected chi connectivity index (χ1v) is 4.77. The first-order valence-electron chi connectivity index (χ1n) is 4.77. The van der Waals surface area contributed by atoms with E-state index in [1.807, 2.05) is 0 Å². The quantitative estimate of drug-likeness (QED) is 0.472. The summed E-state index contributed by atoms with van der Waals surface area (Å²) < 4.78 is 0. The average Bonchev–Trinajstić information content (AvgIpc) is 2.04. The van der Waals surface area contributed by atoms with E-state index in [2.05, 4.69) is 38.2 Å². The summed E-state index contributed by atoms with van der Waals surface area (Å²) in [5, 5.41) is 0. The maximum atomic E-state index is 2.37. The Kier molecular flexibility index (Phi) is 3.86. The fourth-order valence-corrected chi connectivity index (χ4v) is 1.37. The lowest BCUT2D eigenvalue weighted by atomic mass is 10.1. The van der Waals surface area contributed by atoms with E-state index in [4.69, 9.17) is 0 Å².